The Hall–Kier alpha value is -2.93. The number of non-ortho nitro benzene ring substituents is 1. The molecule has 0 unspecified atom stereocenters. The Morgan fingerprint density at radius 3 is 2.67 bits per heavy atom. The van der Waals surface area contributed by atoms with Gasteiger partial charge in [0.2, 0.25) is 0 Å². The second-order valence-corrected chi connectivity index (χ2v) is 6.77. The van der Waals surface area contributed by atoms with Crippen LogP contribution < -0.4 is 4.90 Å². The number of hydrogen-bond donors (Lipinski definition) is 0. The van der Waals surface area contributed by atoms with Crippen molar-refractivity contribution >= 4 is 34.9 Å². The van der Waals surface area contributed by atoms with Crippen LogP contribution in [0.1, 0.15) is 29.8 Å². The van der Waals surface area contributed by atoms with Crippen molar-refractivity contribution in [2.75, 3.05) is 4.90 Å². The van der Waals surface area contributed by atoms with Gasteiger partial charge in [0.05, 0.1) is 15.5 Å². The molecule has 0 fully saturated rings. The maximum atomic E-state index is 12.8. The summed E-state index contributed by atoms with van der Waals surface area (Å²) in [6, 6.07) is 11.0. The lowest BCUT2D eigenvalue weighted by molar-refractivity contribution is -0.384. The highest BCUT2D eigenvalue weighted by molar-refractivity contribution is 6.33. The van der Waals surface area contributed by atoms with E-state index in [1.807, 2.05) is 31.2 Å². The van der Waals surface area contributed by atoms with Crippen molar-refractivity contribution in [2.45, 2.75) is 32.4 Å². The maximum absolute atomic E-state index is 12.8. The van der Waals surface area contributed by atoms with Crippen LogP contribution in [0.2, 0.25) is 5.02 Å². The standard InChI is InChI=1S/C19H17ClN2O5/c1-11-9-13-5-3-4-6-17(13)21(11)18(23)12(2)27-19(24)15-8-7-14(22(25)26)10-16(15)20/h3-8,10-12H,9H2,1-2H3/t11-,12-/m0/s1. The van der Waals surface area contributed by atoms with Crippen molar-refractivity contribution in [1.29, 1.82) is 0 Å². The van der Waals surface area contributed by atoms with Gasteiger partial charge in [-0.3, -0.25) is 14.9 Å². The largest absolute Gasteiger partial charge is 0.449 e. The first-order valence-corrected chi connectivity index (χ1v) is 8.73. The lowest BCUT2D eigenvalue weighted by atomic mass is 10.1. The van der Waals surface area contributed by atoms with Crippen molar-refractivity contribution < 1.29 is 19.2 Å². The van der Waals surface area contributed by atoms with Gasteiger partial charge in [-0.05, 0) is 38.0 Å². The summed E-state index contributed by atoms with van der Waals surface area (Å²) < 4.78 is 5.27. The van der Waals surface area contributed by atoms with E-state index in [0.29, 0.717) is 0 Å². The summed E-state index contributed by atoms with van der Waals surface area (Å²) in [5.41, 5.74) is 1.61. The van der Waals surface area contributed by atoms with Gasteiger partial charge in [0.15, 0.2) is 6.10 Å². The summed E-state index contributed by atoms with van der Waals surface area (Å²) in [6.07, 6.45) is -0.297. The SMILES string of the molecule is C[C@H](OC(=O)c1ccc([N+](=O)[O-])cc1Cl)C(=O)N1c2ccccc2C[C@@H]1C. The van der Waals surface area contributed by atoms with Crippen LogP contribution in [-0.2, 0) is 16.0 Å². The molecule has 7 nitrogen and oxygen atoms in total. The summed E-state index contributed by atoms with van der Waals surface area (Å²) in [4.78, 5) is 37.0. The molecule has 0 aliphatic carbocycles. The number of rotatable bonds is 4. The van der Waals surface area contributed by atoms with E-state index in [0.717, 1.165) is 29.8 Å². The Labute approximate surface area is 160 Å². The van der Waals surface area contributed by atoms with Crippen molar-refractivity contribution in [3.8, 4) is 0 Å². The lowest BCUT2D eigenvalue weighted by Gasteiger charge is -2.26. The van der Waals surface area contributed by atoms with E-state index in [1.54, 1.807) is 4.90 Å². The number of halogens is 1. The van der Waals surface area contributed by atoms with Crippen molar-refractivity contribution in [2.24, 2.45) is 0 Å². The zero-order chi connectivity index (χ0) is 19.7. The number of amides is 1. The van der Waals surface area contributed by atoms with E-state index in [-0.39, 0.29) is 28.2 Å². The Kier molecular flexibility index (Phi) is 5.14. The Balaban J connectivity index is 1.75. The number of carbonyl (C=O) groups is 2. The molecule has 0 saturated heterocycles. The number of para-hydroxylation sites is 1. The van der Waals surface area contributed by atoms with Crippen LogP contribution in [0.15, 0.2) is 42.5 Å². The number of benzene rings is 2. The predicted octanol–water partition coefficient (Wildman–Crippen LogP) is 3.77. The molecule has 1 aliphatic heterocycles. The molecule has 1 amide bonds. The molecule has 2 aromatic rings. The van der Waals surface area contributed by atoms with E-state index in [9.17, 15) is 19.7 Å². The average molecular weight is 389 g/mol. The van der Waals surface area contributed by atoms with Crippen molar-refractivity contribution in [3.05, 3.63) is 68.7 Å². The lowest BCUT2D eigenvalue weighted by Crippen LogP contribution is -2.43. The second kappa shape index (κ2) is 7.36. The first-order chi connectivity index (χ1) is 12.8. The first-order valence-electron chi connectivity index (χ1n) is 8.35. The van der Waals surface area contributed by atoms with Gasteiger partial charge in [-0.25, -0.2) is 4.79 Å². The molecular weight excluding hydrogens is 372 g/mol. The van der Waals surface area contributed by atoms with E-state index in [1.165, 1.54) is 13.0 Å². The summed E-state index contributed by atoms with van der Waals surface area (Å²) in [5.74, 6) is -1.14. The van der Waals surface area contributed by atoms with Gasteiger partial charge >= 0.3 is 5.97 Å². The Morgan fingerprint density at radius 2 is 2.00 bits per heavy atom. The number of carbonyl (C=O) groups excluding carboxylic acids is 2. The van der Waals surface area contributed by atoms with Gasteiger partial charge < -0.3 is 9.64 Å². The van der Waals surface area contributed by atoms with Gasteiger partial charge in [-0.2, -0.15) is 0 Å². The molecule has 0 aromatic heterocycles. The number of esters is 1. The van der Waals surface area contributed by atoms with E-state index in [4.69, 9.17) is 16.3 Å². The van der Waals surface area contributed by atoms with Gasteiger partial charge in [0, 0.05) is 23.9 Å². The molecule has 1 aliphatic rings. The van der Waals surface area contributed by atoms with Crippen LogP contribution in [0.5, 0.6) is 0 Å². The monoisotopic (exact) mass is 388 g/mol. The van der Waals surface area contributed by atoms with Gasteiger partial charge in [0.1, 0.15) is 0 Å². The minimum atomic E-state index is -1.03. The number of nitrogens with zero attached hydrogens (tertiary/aromatic N) is 2. The van der Waals surface area contributed by atoms with Gasteiger partial charge in [-0.15, -0.1) is 0 Å². The molecule has 0 N–H and O–H groups in total. The highest BCUT2D eigenvalue weighted by Gasteiger charge is 2.34. The minimum Gasteiger partial charge on any atom is -0.449 e. The smallest absolute Gasteiger partial charge is 0.340 e. The van der Waals surface area contributed by atoms with Crippen LogP contribution in [0.25, 0.3) is 0 Å². The molecule has 2 atom stereocenters. The Bertz CT molecular complexity index is 930. The molecule has 2 aromatic carbocycles. The fourth-order valence-electron chi connectivity index (χ4n) is 3.15. The summed E-state index contributed by atoms with van der Waals surface area (Å²) in [6.45, 7) is 3.42. The maximum Gasteiger partial charge on any atom is 0.340 e. The molecule has 0 radical (unpaired) electrons. The number of anilines is 1. The van der Waals surface area contributed by atoms with Crippen LogP contribution in [-0.4, -0.2) is 28.9 Å². The molecule has 0 bridgehead atoms. The van der Waals surface area contributed by atoms with Crippen LogP contribution in [0.3, 0.4) is 0 Å². The van der Waals surface area contributed by atoms with Gasteiger partial charge in [-0.1, -0.05) is 29.8 Å². The molecule has 140 valence electrons. The minimum absolute atomic E-state index is 0.0308. The first kappa shape index (κ1) is 18.8. The summed E-state index contributed by atoms with van der Waals surface area (Å²) in [7, 11) is 0. The zero-order valence-corrected chi connectivity index (χ0v) is 15.5. The summed E-state index contributed by atoms with van der Waals surface area (Å²) in [5, 5.41) is 10.7. The van der Waals surface area contributed by atoms with Crippen LogP contribution in [0.4, 0.5) is 11.4 Å². The van der Waals surface area contributed by atoms with E-state index >= 15 is 0 Å². The van der Waals surface area contributed by atoms with E-state index < -0.39 is 17.0 Å². The van der Waals surface area contributed by atoms with Crippen molar-refractivity contribution in [3.63, 3.8) is 0 Å². The molecule has 27 heavy (non-hydrogen) atoms. The molecule has 0 spiro atoms. The number of ether oxygens (including phenoxy) is 1. The number of nitro groups is 1. The molecule has 8 heteroatoms. The number of fused-ring (bicyclic) bond motifs is 1. The Morgan fingerprint density at radius 1 is 1.30 bits per heavy atom. The number of hydrogen-bond acceptors (Lipinski definition) is 5. The average Bonchev–Trinajstić information content (AvgIpc) is 2.96. The summed E-state index contributed by atoms with van der Waals surface area (Å²) >= 11 is 5.95. The third kappa shape index (κ3) is 3.64. The predicted molar refractivity (Wildman–Crippen MR) is 100 cm³/mol. The topological polar surface area (TPSA) is 89.7 Å². The van der Waals surface area contributed by atoms with Gasteiger partial charge in [0.25, 0.3) is 11.6 Å². The molecule has 1 heterocycles. The second-order valence-electron chi connectivity index (χ2n) is 6.36. The zero-order valence-electron chi connectivity index (χ0n) is 14.7. The van der Waals surface area contributed by atoms with Crippen molar-refractivity contribution in [1.82, 2.24) is 0 Å². The number of nitro benzene ring substituents is 1. The highest BCUT2D eigenvalue weighted by Crippen LogP contribution is 2.32. The molecule has 3 rings (SSSR count). The third-order valence-electron chi connectivity index (χ3n) is 4.46. The fraction of sp³-hybridized carbons (Fsp3) is 0.263. The quantitative estimate of drug-likeness (QED) is 0.451. The van der Waals surface area contributed by atoms with E-state index in [2.05, 4.69) is 0 Å². The fourth-order valence-corrected chi connectivity index (χ4v) is 3.41. The van der Waals surface area contributed by atoms with Crippen LogP contribution in [0, 0.1) is 10.1 Å². The normalized spacial score (nSPS) is 16.6. The van der Waals surface area contributed by atoms with Crippen LogP contribution >= 0.6 is 11.6 Å². The molecular formula is C19H17ClN2O5. The molecule has 0 saturated carbocycles. The highest BCUT2D eigenvalue weighted by atomic mass is 35.5. The third-order valence-corrected chi connectivity index (χ3v) is 4.77.